The van der Waals surface area contributed by atoms with Crippen LogP contribution < -0.4 is 10.1 Å². The van der Waals surface area contributed by atoms with Crippen LogP contribution in [0, 0.1) is 12.8 Å². The summed E-state index contributed by atoms with van der Waals surface area (Å²) in [7, 11) is 1.48. The van der Waals surface area contributed by atoms with Gasteiger partial charge < -0.3 is 15.2 Å². The molecule has 1 amide bonds. The van der Waals surface area contributed by atoms with Gasteiger partial charge in [-0.2, -0.15) is 0 Å². The minimum absolute atomic E-state index is 0.176. The van der Waals surface area contributed by atoms with Gasteiger partial charge in [-0.25, -0.2) is 4.79 Å². The summed E-state index contributed by atoms with van der Waals surface area (Å²) in [5.74, 6) is -0.833. The van der Waals surface area contributed by atoms with E-state index < -0.39 is 17.9 Å². The molecule has 0 fully saturated rings. The molecule has 0 saturated carbocycles. The zero-order valence-electron chi connectivity index (χ0n) is 11.8. The average Bonchev–Trinajstić information content (AvgIpc) is 2.64. The predicted octanol–water partition coefficient (Wildman–Crippen LogP) is 3.06. The number of hydrogen-bond acceptors (Lipinski definition) is 4. The molecule has 1 aromatic rings. The van der Waals surface area contributed by atoms with Crippen molar-refractivity contribution in [3.8, 4) is 5.75 Å². The molecule has 0 spiro atoms. The van der Waals surface area contributed by atoms with E-state index in [2.05, 4.69) is 21.2 Å². The molecule has 0 aromatic carbocycles. The van der Waals surface area contributed by atoms with Gasteiger partial charge >= 0.3 is 5.97 Å². The molecule has 5 nitrogen and oxygen atoms in total. The van der Waals surface area contributed by atoms with Crippen LogP contribution in [0.15, 0.2) is 4.47 Å². The largest absolute Gasteiger partial charge is 0.494 e. The van der Waals surface area contributed by atoms with Gasteiger partial charge in [0.05, 0.1) is 11.6 Å². The molecule has 1 aromatic heterocycles. The second kappa shape index (κ2) is 7.08. The average molecular weight is 364 g/mol. The third kappa shape index (κ3) is 3.96. The Morgan fingerprint density at radius 2 is 2.05 bits per heavy atom. The van der Waals surface area contributed by atoms with E-state index in [-0.39, 0.29) is 5.92 Å². The standard InChI is InChI=1S/C13H18BrNO4S/c1-6(2)5-8(13(17)18)15-12(16)11-10(19-4)9(14)7(3)20-11/h6,8H,5H2,1-4H3,(H,15,16)(H,17,18)/t8-/m1/s1. The van der Waals surface area contributed by atoms with Gasteiger partial charge in [0.1, 0.15) is 10.9 Å². The predicted molar refractivity (Wildman–Crippen MR) is 81.7 cm³/mol. The van der Waals surface area contributed by atoms with E-state index in [9.17, 15) is 9.59 Å². The summed E-state index contributed by atoms with van der Waals surface area (Å²) in [6.07, 6.45) is 0.384. The van der Waals surface area contributed by atoms with E-state index in [1.807, 2.05) is 20.8 Å². The Morgan fingerprint density at radius 1 is 1.45 bits per heavy atom. The number of aryl methyl sites for hydroxylation is 1. The normalized spacial score (nSPS) is 12.3. The molecule has 0 bridgehead atoms. The van der Waals surface area contributed by atoms with Crippen LogP contribution in [0.2, 0.25) is 0 Å². The highest BCUT2D eigenvalue weighted by Gasteiger charge is 2.26. The lowest BCUT2D eigenvalue weighted by atomic mass is 10.0. The summed E-state index contributed by atoms with van der Waals surface area (Å²) >= 11 is 4.62. The molecule has 0 aliphatic carbocycles. The molecule has 0 unspecified atom stereocenters. The van der Waals surface area contributed by atoms with Crippen LogP contribution in [-0.2, 0) is 4.79 Å². The van der Waals surface area contributed by atoms with Crippen molar-refractivity contribution < 1.29 is 19.4 Å². The Labute approximate surface area is 130 Å². The van der Waals surface area contributed by atoms with Crippen LogP contribution >= 0.6 is 27.3 Å². The fourth-order valence-corrected chi connectivity index (χ4v) is 3.40. The van der Waals surface area contributed by atoms with Crippen LogP contribution in [0.3, 0.4) is 0 Å². The van der Waals surface area contributed by atoms with Crippen molar-refractivity contribution in [3.05, 3.63) is 14.2 Å². The summed E-state index contributed by atoms with van der Waals surface area (Å²) in [5.41, 5.74) is 0. The fraction of sp³-hybridized carbons (Fsp3) is 0.538. The molecule has 1 atom stereocenters. The number of carboxylic acids is 1. The van der Waals surface area contributed by atoms with E-state index >= 15 is 0 Å². The number of carbonyl (C=O) groups excluding carboxylic acids is 1. The van der Waals surface area contributed by atoms with Crippen molar-refractivity contribution in [2.24, 2.45) is 5.92 Å². The first kappa shape index (κ1) is 17.0. The van der Waals surface area contributed by atoms with Crippen molar-refractivity contribution in [3.63, 3.8) is 0 Å². The van der Waals surface area contributed by atoms with Crippen LogP contribution in [0.25, 0.3) is 0 Å². The number of carbonyl (C=O) groups is 2. The maximum Gasteiger partial charge on any atom is 0.326 e. The van der Waals surface area contributed by atoms with Crippen LogP contribution in [-0.4, -0.2) is 30.1 Å². The lowest BCUT2D eigenvalue weighted by molar-refractivity contribution is -0.139. The highest BCUT2D eigenvalue weighted by molar-refractivity contribution is 9.10. The van der Waals surface area contributed by atoms with E-state index in [1.165, 1.54) is 18.4 Å². The Balaban J connectivity index is 2.95. The van der Waals surface area contributed by atoms with Gasteiger partial charge in [0.25, 0.3) is 5.91 Å². The number of rotatable bonds is 6. The van der Waals surface area contributed by atoms with Crippen molar-refractivity contribution in [1.29, 1.82) is 0 Å². The summed E-state index contributed by atoms with van der Waals surface area (Å²) in [6, 6.07) is -0.895. The first-order valence-corrected chi connectivity index (χ1v) is 7.75. The Morgan fingerprint density at radius 3 is 2.50 bits per heavy atom. The highest BCUT2D eigenvalue weighted by atomic mass is 79.9. The van der Waals surface area contributed by atoms with Crippen LogP contribution in [0.5, 0.6) is 5.75 Å². The molecule has 1 heterocycles. The Kier molecular flexibility index (Phi) is 6.01. The number of ether oxygens (including phenoxy) is 1. The molecule has 1 rings (SSSR count). The zero-order valence-corrected chi connectivity index (χ0v) is 14.2. The van der Waals surface area contributed by atoms with E-state index in [4.69, 9.17) is 9.84 Å². The van der Waals surface area contributed by atoms with Crippen molar-refractivity contribution in [2.45, 2.75) is 33.2 Å². The van der Waals surface area contributed by atoms with Crippen LogP contribution in [0.4, 0.5) is 0 Å². The zero-order chi connectivity index (χ0) is 15.4. The van der Waals surface area contributed by atoms with Crippen LogP contribution in [0.1, 0.15) is 34.8 Å². The first-order valence-electron chi connectivity index (χ1n) is 6.14. The Bertz CT molecular complexity index is 513. The molecule has 2 N–H and O–H groups in total. The lowest BCUT2D eigenvalue weighted by Crippen LogP contribution is -2.41. The number of nitrogens with one attached hydrogen (secondary N) is 1. The van der Waals surface area contributed by atoms with Gasteiger partial charge in [-0.15, -0.1) is 11.3 Å². The summed E-state index contributed by atoms with van der Waals surface area (Å²) in [5, 5.41) is 11.7. The quantitative estimate of drug-likeness (QED) is 0.814. The number of methoxy groups -OCH3 is 1. The molecule has 0 radical (unpaired) electrons. The van der Waals surface area contributed by atoms with Gasteiger partial charge in [0.15, 0.2) is 5.75 Å². The second-order valence-corrected chi connectivity index (χ2v) is 6.85. The SMILES string of the molecule is COc1c(C(=O)N[C@H](CC(C)C)C(=O)O)sc(C)c1Br. The van der Waals surface area contributed by atoms with Crippen molar-refractivity contribution in [2.75, 3.05) is 7.11 Å². The van der Waals surface area contributed by atoms with Gasteiger partial charge in [0.2, 0.25) is 0 Å². The number of aliphatic carboxylic acids is 1. The number of carboxylic acid groups (broad SMARTS) is 1. The topological polar surface area (TPSA) is 75.6 Å². The number of hydrogen-bond donors (Lipinski definition) is 2. The van der Waals surface area contributed by atoms with Crippen molar-refractivity contribution in [1.82, 2.24) is 5.32 Å². The maximum atomic E-state index is 12.2. The third-order valence-electron chi connectivity index (χ3n) is 2.69. The van der Waals surface area contributed by atoms with Gasteiger partial charge in [-0.05, 0) is 35.2 Å². The van der Waals surface area contributed by atoms with E-state index in [0.29, 0.717) is 17.0 Å². The summed E-state index contributed by atoms with van der Waals surface area (Å²) < 4.78 is 5.92. The molecular weight excluding hydrogens is 346 g/mol. The number of amides is 1. The lowest BCUT2D eigenvalue weighted by Gasteiger charge is -2.16. The minimum atomic E-state index is -1.03. The number of thiophene rings is 1. The molecule has 7 heteroatoms. The third-order valence-corrected chi connectivity index (χ3v) is 4.99. The highest BCUT2D eigenvalue weighted by Crippen LogP contribution is 2.39. The molecule has 20 heavy (non-hydrogen) atoms. The number of halogens is 1. The molecule has 112 valence electrons. The smallest absolute Gasteiger partial charge is 0.326 e. The summed E-state index contributed by atoms with van der Waals surface area (Å²) in [6.45, 7) is 5.68. The molecular formula is C13H18BrNO4S. The fourth-order valence-electron chi connectivity index (χ4n) is 1.75. The van der Waals surface area contributed by atoms with Crippen molar-refractivity contribution >= 4 is 39.1 Å². The monoisotopic (exact) mass is 363 g/mol. The van der Waals surface area contributed by atoms with Gasteiger partial charge in [0, 0.05) is 4.88 Å². The molecule has 0 aliphatic rings. The summed E-state index contributed by atoms with van der Waals surface area (Å²) in [4.78, 5) is 24.7. The van der Waals surface area contributed by atoms with Gasteiger partial charge in [-0.1, -0.05) is 13.8 Å². The molecule has 0 aliphatic heterocycles. The minimum Gasteiger partial charge on any atom is -0.494 e. The maximum absolute atomic E-state index is 12.2. The molecule has 0 saturated heterocycles. The Hall–Kier alpha value is -1.08. The second-order valence-electron chi connectivity index (χ2n) is 4.83. The first-order chi connectivity index (χ1) is 9.27. The van der Waals surface area contributed by atoms with E-state index in [1.54, 1.807) is 0 Å². The van der Waals surface area contributed by atoms with E-state index in [0.717, 1.165) is 9.35 Å². The van der Waals surface area contributed by atoms with Gasteiger partial charge in [-0.3, -0.25) is 4.79 Å².